The van der Waals surface area contributed by atoms with E-state index in [1.165, 1.54) is 5.19 Å². The van der Waals surface area contributed by atoms with E-state index >= 15 is 0 Å². The molecule has 0 spiro atoms. The summed E-state index contributed by atoms with van der Waals surface area (Å²) in [6, 6.07) is 6.32. The predicted molar refractivity (Wildman–Crippen MR) is 81.0 cm³/mol. The van der Waals surface area contributed by atoms with Gasteiger partial charge in [0.05, 0.1) is 20.3 Å². The zero-order valence-electron chi connectivity index (χ0n) is 12.7. The lowest BCUT2D eigenvalue weighted by Gasteiger charge is -2.21. The Morgan fingerprint density at radius 2 is 1.17 bits per heavy atom. The zero-order valence-corrected chi connectivity index (χ0v) is 13.7. The molecule has 0 aromatic heterocycles. The lowest BCUT2D eigenvalue weighted by molar-refractivity contribution is 0.229. The van der Waals surface area contributed by atoms with E-state index < -0.39 is 8.07 Å². The topological polar surface area (TPSA) is 18.5 Å². The van der Waals surface area contributed by atoms with Crippen molar-refractivity contribution in [1.29, 1.82) is 0 Å². The van der Waals surface area contributed by atoms with Crippen LogP contribution < -0.4 is 14.7 Å². The van der Waals surface area contributed by atoms with Gasteiger partial charge in [-0.25, -0.2) is 0 Å². The zero-order chi connectivity index (χ0) is 13.9. The standard InChI is InChI=1S/C15H26O2Si/c1-11(2)16-13-8-14(17-12(3)4)10-15(9-13)18(5,6)7/h8-12H,1-7H3. The molecule has 0 heterocycles. The van der Waals surface area contributed by atoms with Crippen molar-refractivity contribution in [1.82, 2.24) is 0 Å². The Morgan fingerprint density at radius 3 is 1.44 bits per heavy atom. The summed E-state index contributed by atoms with van der Waals surface area (Å²) in [4.78, 5) is 0. The Morgan fingerprint density at radius 1 is 0.778 bits per heavy atom. The first-order valence-electron chi connectivity index (χ1n) is 6.67. The van der Waals surface area contributed by atoms with Crippen LogP contribution in [0.25, 0.3) is 0 Å². The second-order valence-electron chi connectivity index (χ2n) is 6.28. The van der Waals surface area contributed by atoms with Gasteiger partial charge >= 0.3 is 0 Å². The lowest BCUT2D eigenvalue weighted by atomic mass is 10.3. The third kappa shape index (κ3) is 4.73. The van der Waals surface area contributed by atoms with E-state index in [-0.39, 0.29) is 12.2 Å². The highest BCUT2D eigenvalue weighted by atomic mass is 28.3. The van der Waals surface area contributed by atoms with E-state index in [0.29, 0.717) is 0 Å². The van der Waals surface area contributed by atoms with Crippen molar-refractivity contribution in [2.24, 2.45) is 0 Å². The van der Waals surface area contributed by atoms with E-state index in [1.54, 1.807) is 0 Å². The molecule has 1 rings (SSSR count). The fourth-order valence-electron chi connectivity index (χ4n) is 1.69. The quantitative estimate of drug-likeness (QED) is 0.755. The Labute approximate surface area is 112 Å². The van der Waals surface area contributed by atoms with Crippen molar-refractivity contribution in [3.8, 4) is 11.5 Å². The van der Waals surface area contributed by atoms with Crippen molar-refractivity contribution in [3.63, 3.8) is 0 Å². The first-order chi connectivity index (χ1) is 8.18. The minimum absolute atomic E-state index is 0.189. The van der Waals surface area contributed by atoms with E-state index in [0.717, 1.165) is 11.5 Å². The molecule has 0 bridgehead atoms. The van der Waals surface area contributed by atoms with Crippen LogP contribution in [0, 0.1) is 0 Å². The van der Waals surface area contributed by atoms with Crippen LogP contribution in [0.15, 0.2) is 18.2 Å². The molecule has 102 valence electrons. The molecule has 0 atom stereocenters. The van der Waals surface area contributed by atoms with E-state index in [1.807, 2.05) is 33.8 Å². The molecule has 0 aliphatic rings. The van der Waals surface area contributed by atoms with Crippen LogP contribution in [0.2, 0.25) is 19.6 Å². The summed E-state index contributed by atoms with van der Waals surface area (Å²) in [5.74, 6) is 1.83. The summed E-state index contributed by atoms with van der Waals surface area (Å²) < 4.78 is 11.6. The summed E-state index contributed by atoms with van der Waals surface area (Å²) in [6.45, 7) is 15.2. The largest absolute Gasteiger partial charge is 0.491 e. The molecule has 0 fully saturated rings. The molecule has 2 nitrogen and oxygen atoms in total. The molecular formula is C15H26O2Si. The third-order valence-electron chi connectivity index (χ3n) is 2.49. The van der Waals surface area contributed by atoms with Gasteiger partial charge in [0.25, 0.3) is 0 Å². The molecule has 0 radical (unpaired) electrons. The van der Waals surface area contributed by atoms with Gasteiger partial charge in [0.2, 0.25) is 0 Å². The van der Waals surface area contributed by atoms with E-state index in [2.05, 4.69) is 31.8 Å². The normalized spacial score (nSPS) is 12.1. The van der Waals surface area contributed by atoms with Gasteiger partial charge in [-0.05, 0) is 39.8 Å². The van der Waals surface area contributed by atoms with Gasteiger partial charge in [-0.1, -0.05) is 24.8 Å². The summed E-state index contributed by atoms with van der Waals surface area (Å²) in [5, 5.41) is 1.37. The third-order valence-corrected chi connectivity index (χ3v) is 4.51. The Balaban J connectivity index is 3.11. The fraction of sp³-hybridized carbons (Fsp3) is 0.600. The second-order valence-corrected chi connectivity index (χ2v) is 11.4. The molecule has 0 aliphatic carbocycles. The van der Waals surface area contributed by atoms with E-state index in [4.69, 9.17) is 9.47 Å². The highest BCUT2D eigenvalue weighted by molar-refractivity contribution is 6.88. The number of hydrogen-bond acceptors (Lipinski definition) is 2. The molecule has 0 aliphatic heterocycles. The molecule has 1 aromatic carbocycles. The Kier molecular flexibility index (Phi) is 4.85. The molecule has 0 amide bonds. The maximum absolute atomic E-state index is 5.81. The fourth-order valence-corrected chi connectivity index (χ4v) is 2.84. The first kappa shape index (κ1) is 15.1. The van der Waals surface area contributed by atoms with Gasteiger partial charge in [0.15, 0.2) is 0 Å². The van der Waals surface area contributed by atoms with Gasteiger partial charge in [-0.2, -0.15) is 0 Å². The molecule has 3 heteroatoms. The van der Waals surface area contributed by atoms with Crippen molar-refractivity contribution in [3.05, 3.63) is 18.2 Å². The van der Waals surface area contributed by atoms with Gasteiger partial charge < -0.3 is 9.47 Å². The van der Waals surface area contributed by atoms with Gasteiger partial charge in [-0.3, -0.25) is 0 Å². The monoisotopic (exact) mass is 266 g/mol. The van der Waals surface area contributed by atoms with Crippen molar-refractivity contribution in [2.75, 3.05) is 0 Å². The molecular weight excluding hydrogens is 240 g/mol. The number of rotatable bonds is 5. The summed E-state index contributed by atoms with van der Waals surface area (Å²) in [5.41, 5.74) is 0. The summed E-state index contributed by atoms with van der Waals surface area (Å²) in [7, 11) is -1.36. The average molecular weight is 266 g/mol. The average Bonchev–Trinajstić information content (AvgIpc) is 2.13. The van der Waals surface area contributed by atoms with Gasteiger partial charge in [-0.15, -0.1) is 0 Å². The number of benzene rings is 1. The van der Waals surface area contributed by atoms with Crippen LogP contribution in [0.4, 0.5) is 0 Å². The lowest BCUT2D eigenvalue weighted by Crippen LogP contribution is -2.37. The van der Waals surface area contributed by atoms with Crippen LogP contribution >= 0.6 is 0 Å². The first-order valence-corrected chi connectivity index (χ1v) is 10.2. The van der Waals surface area contributed by atoms with Crippen LogP contribution in [0.5, 0.6) is 11.5 Å². The van der Waals surface area contributed by atoms with Crippen LogP contribution in [0.3, 0.4) is 0 Å². The minimum atomic E-state index is -1.36. The van der Waals surface area contributed by atoms with Crippen LogP contribution in [0.1, 0.15) is 27.7 Å². The highest BCUT2D eigenvalue weighted by Gasteiger charge is 2.19. The maximum Gasteiger partial charge on any atom is 0.123 e. The van der Waals surface area contributed by atoms with Crippen molar-refractivity contribution >= 4 is 13.3 Å². The smallest absolute Gasteiger partial charge is 0.123 e. The molecule has 0 saturated carbocycles. The van der Waals surface area contributed by atoms with Crippen LogP contribution in [-0.4, -0.2) is 20.3 Å². The Hall–Kier alpha value is -0.963. The molecule has 1 aromatic rings. The second kappa shape index (κ2) is 5.78. The molecule has 18 heavy (non-hydrogen) atoms. The number of ether oxygens (including phenoxy) is 2. The van der Waals surface area contributed by atoms with Crippen molar-refractivity contribution < 1.29 is 9.47 Å². The highest BCUT2D eigenvalue weighted by Crippen LogP contribution is 2.22. The SMILES string of the molecule is CC(C)Oc1cc(OC(C)C)cc([Si](C)(C)C)c1. The minimum Gasteiger partial charge on any atom is -0.491 e. The van der Waals surface area contributed by atoms with Gasteiger partial charge in [0.1, 0.15) is 11.5 Å². The van der Waals surface area contributed by atoms with E-state index in [9.17, 15) is 0 Å². The summed E-state index contributed by atoms with van der Waals surface area (Å²) >= 11 is 0. The molecule has 0 unspecified atom stereocenters. The summed E-state index contributed by atoms with van der Waals surface area (Å²) in [6.07, 6.45) is 0.377. The van der Waals surface area contributed by atoms with Crippen LogP contribution in [-0.2, 0) is 0 Å². The van der Waals surface area contributed by atoms with Gasteiger partial charge in [0, 0.05) is 6.07 Å². The Bertz CT molecular complexity index is 364. The molecule has 0 N–H and O–H groups in total. The maximum atomic E-state index is 5.81. The number of hydrogen-bond donors (Lipinski definition) is 0. The van der Waals surface area contributed by atoms with Crippen molar-refractivity contribution in [2.45, 2.75) is 59.5 Å². The predicted octanol–water partition coefficient (Wildman–Crippen LogP) is 3.81. The molecule has 0 saturated heterocycles.